The molecule has 0 unspecified atom stereocenters. The summed E-state index contributed by atoms with van der Waals surface area (Å²) in [7, 11) is 0. The molecule has 12 heavy (non-hydrogen) atoms. The lowest BCUT2D eigenvalue weighted by Crippen LogP contribution is -2.31. The van der Waals surface area contributed by atoms with Gasteiger partial charge in [-0.05, 0) is 12.0 Å². The Bertz CT molecular complexity index is 209. The van der Waals surface area contributed by atoms with E-state index in [2.05, 4.69) is 5.48 Å². The van der Waals surface area contributed by atoms with E-state index in [4.69, 9.17) is 10.3 Å². The molecule has 0 aliphatic carbocycles. The molecular weight excluding hydrogens is 154 g/mol. The van der Waals surface area contributed by atoms with Gasteiger partial charge in [-0.2, -0.15) is 5.48 Å². The number of hydrogen-bond acceptors (Lipinski definition) is 3. The third-order valence-corrected chi connectivity index (χ3v) is 1.73. The van der Waals surface area contributed by atoms with Gasteiger partial charge in [0, 0.05) is 0 Å². The van der Waals surface area contributed by atoms with E-state index in [9.17, 15) is 0 Å². The molecule has 0 radical (unpaired) electrons. The maximum atomic E-state index is 8.76. The van der Waals surface area contributed by atoms with Gasteiger partial charge in [0.15, 0.2) is 0 Å². The van der Waals surface area contributed by atoms with Gasteiger partial charge in [-0.25, -0.2) is 0 Å². The number of rotatable bonds is 4. The number of nitrogens with one attached hydrogen (secondary N) is 1. The van der Waals surface area contributed by atoms with Crippen LogP contribution < -0.4 is 5.48 Å². The summed E-state index contributed by atoms with van der Waals surface area (Å²) in [5.41, 5.74) is 3.15. The second-order valence-electron chi connectivity index (χ2n) is 2.70. The first-order valence-electron chi connectivity index (χ1n) is 3.91. The van der Waals surface area contributed by atoms with Gasteiger partial charge in [-0.15, -0.1) is 0 Å². The third kappa shape index (κ3) is 2.62. The van der Waals surface area contributed by atoms with Gasteiger partial charge in [0.25, 0.3) is 0 Å². The van der Waals surface area contributed by atoms with Crippen LogP contribution in [0.4, 0.5) is 0 Å². The van der Waals surface area contributed by atoms with Gasteiger partial charge < -0.3 is 10.3 Å². The Kier molecular flexibility index (Phi) is 3.73. The van der Waals surface area contributed by atoms with Crippen molar-refractivity contribution in [2.45, 2.75) is 12.5 Å². The standard InChI is InChI=1S/C9H13NO2/c11-7-9(10-12)6-8-4-2-1-3-5-8/h1-5,9-12H,6-7H2/t9-/m0/s1. The zero-order valence-electron chi connectivity index (χ0n) is 6.77. The number of aliphatic hydroxyl groups excluding tert-OH is 1. The second-order valence-corrected chi connectivity index (χ2v) is 2.70. The van der Waals surface area contributed by atoms with Crippen molar-refractivity contribution >= 4 is 0 Å². The highest BCUT2D eigenvalue weighted by atomic mass is 16.5. The summed E-state index contributed by atoms with van der Waals surface area (Å²) in [6.07, 6.45) is 0.633. The number of benzene rings is 1. The van der Waals surface area contributed by atoms with Crippen molar-refractivity contribution in [2.24, 2.45) is 0 Å². The lowest BCUT2D eigenvalue weighted by atomic mass is 10.1. The molecule has 0 heterocycles. The van der Waals surface area contributed by atoms with Crippen LogP contribution in [0.5, 0.6) is 0 Å². The summed E-state index contributed by atoms with van der Waals surface area (Å²) in [6.45, 7) is -0.0641. The predicted molar refractivity (Wildman–Crippen MR) is 45.9 cm³/mol. The molecule has 0 aliphatic heterocycles. The molecule has 1 aromatic carbocycles. The average Bonchev–Trinajstić information content (AvgIpc) is 2.16. The van der Waals surface area contributed by atoms with Crippen molar-refractivity contribution in [3.05, 3.63) is 35.9 Å². The van der Waals surface area contributed by atoms with Gasteiger partial charge in [0.1, 0.15) is 0 Å². The van der Waals surface area contributed by atoms with Gasteiger partial charge in [-0.1, -0.05) is 30.3 Å². The summed E-state index contributed by atoms with van der Waals surface area (Å²) in [4.78, 5) is 0. The first-order valence-corrected chi connectivity index (χ1v) is 3.91. The first kappa shape index (κ1) is 9.19. The normalized spacial score (nSPS) is 12.8. The van der Waals surface area contributed by atoms with Crippen LogP contribution in [0.2, 0.25) is 0 Å². The topological polar surface area (TPSA) is 52.5 Å². The Morgan fingerprint density at radius 3 is 2.42 bits per heavy atom. The molecule has 0 fully saturated rings. The minimum absolute atomic E-state index is 0.0641. The quantitative estimate of drug-likeness (QED) is 0.575. The number of hydrogen-bond donors (Lipinski definition) is 3. The van der Waals surface area contributed by atoms with Crippen molar-refractivity contribution in [3.63, 3.8) is 0 Å². The molecule has 3 N–H and O–H groups in total. The molecular formula is C9H13NO2. The molecule has 0 amide bonds. The summed E-state index contributed by atoms with van der Waals surface area (Å²) < 4.78 is 0. The third-order valence-electron chi connectivity index (χ3n) is 1.73. The molecule has 0 bridgehead atoms. The van der Waals surface area contributed by atoms with E-state index in [-0.39, 0.29) is 12.6 Å². The van der Waals surface area contributed by atoms with Crippen LogP contribution in [-0.2, 0) is 6.42 Å². The Morgan fingerprint density at radius 1 is 1.25 bits per heavy atom. The monoisotopic (exact) mass is 167 g/mol. The molecule has 3 nitrogen and oxygen atoms in total. The lowest BCUT2D eigenvalue weighted by Gasteiger charge is -2.10. The van der Waals surface area contributed by atoms with Crippen LogP contribution in [0.15, 0.2) is 30.3 Å². The van der Waals surface area contributed by atoms with Crippen LogP contribution in [0, 0.1) is 0 Å². The molecule has 3 heteroatoms. The Labute approximate surface area is 71.6 Å². The Balaban J connectivity index is 2.51. The minimum Gasteiger partial charge on any atom is -0.395 e. The van der Waals surface area contributed by atoms with Crippen LogP contribution in [0.3, 0.4) is 0 Å². The molecule has 1 atom stereocenters. The van der Waals surface area contributed by atoms with E-state index in [0.29, 0.717) is 6.42 Å². The number of aliphatic hydroxyl groups is 1. The predicted octanol–water partition coefficient (Wildman–Crippen LogP) is 0.569. The Hall–Kier alpha value is -0.900. The van der Waals surface area contributed by atoms with Gasteiger partial charge in [0.05, 0.1) is 12.6 Å². The highest BCUT2D eigenvalue weighted by molar-refractivity contribution is 5.15. The van der Waals surface area contributed by atoms with Gasteiger partial charge >= 0.3 is 0 Å². The maximum Gasteiger partial charge on any atom is 0.0610 e. The zero-order chi connectivity index (χ0) is 8.81. The molecule has 0 saturated carbocycles. The fraction of sp³-hybridized carbons (Fsp3) is 0.333. The zero-order valence-corrected chi connectivity index (χ0v) is 6.77. The van der Waals surface area contributed by atoms with Gasteiger partial charge in [0.2, 0.25) is 0 Å². The van der Waals surface area contributed by atoms with E-state index in [1.807, 2.05) is 30.3 Å². The highest BCUT2D eigenvalue weighted by Gasteiger charge is 2.05. The maximum absolute atomic E-state index is 8.76. The molecule has 0 aromatic heterocycles. The minimum atomic E-state index is -0.271. The SMILES string of the molecule is OC[C@H](Cc1ccccc1)NO. The molecule has 1 rings (SSSR count). The summed E-state index contributed by atoms with van der Waals surface area (Å²) in [5, 5.41) is 17.3. The van der Waals surface area contributed by atoms with Crippen LogP contribution in [0.25, 0.3) is 0 Å². The second kappa shape index (κ2) is 4.87. The van der Waals surface area contributed by atoms with Crippen LogP contribution in [0.1, 0.15) is 5.56 Å². The van der Waals surface area contributed by atoms with E-state index < -0.39 is 0 Å². The van der Waals surface area contributed by atoms with Crippen molar-refractivity contribution in [3.8, 4) is 0 Å². The van der Waals surface area contributed by atoms with Gasteiger partial charge in [-0.3, -0.25) is 0 Å². The summed E-state index contributed by atoms with van der Waals surface area (Å²) in [5.74, 6) is 0. The van der Waals surface area contributed by atoms with E-state index in [1.54, 1.807) is 0 Å². The highest BCUT2D eigenvalue weighted by Crippen LogP contribution is 2.01. The van der Waals surface area contributed by atoms with E-state index >= 15 is 0 Å². The molecule has 0 aliphatic rings. The van der Waals surface area contributed by atoms with E-state index in [1.165, 1.54) is 0 Å². The van der Waals surface area contributed by atoms with E-state index in [0.717, 1.165) is 5.56 Å². The molecule has 0 saturated heterocycles. The smallest absolute Gasteiger partial charge is 0.0610 e. The fourth-order valence-corrected chi connectivity index (χ4v) is 1.05. The average molecular weight is 167 g/mol. The van der Waals surface area contributed by atoms with Crippen molar-refractivity contribution in [1.29, 1.82) is 0 Å². The first-order chi connectivity index (χ1) is 5.86. The summed E-state index contributed by atoms with van der Waals surface area (Å²) in [6, 6.07) is 9.44. The fourth-order valence-electron chi connectivity index (χ4n) is 1.05. The van der Waals surface area contributed by atoms with Crippen molar-refractivity contribution in [1.82, 2.24) is 5.48 Å². The van der Waals surface area contributed by atoms with Crippen molar-refractivity contribution in [2.75, 3.05) is 6.61 Å². The lowest BCUT2D eigenvalue weighted by molar-refractivity contribution is 0.0905. The van der Waals surface area contributed by atoms with Crippen molar-refractivity contribution < 1.29 is 10.3 Å². The molecule has 0 spiro atoms. The Morgan fingerprint density at radius 2 is 1.92 bits per heavy atom. The molecule has 66 valence electrons. The largest absolute Gasteiger partial charge is 0.395 e. The summed E-state index contributed by atoms with van der Waals surface area (Å²) >= 11 is 0. The van der Waals surface area contributed by atoms with Crippen LogP contribution in [-0.4, -0.2) is 23.0 Å². The molecule has 1 aromatic rings. The van der Waals surface area contributed by atoms with Crippen LogP contribution >= 0.6 is 0 Å². The number of hydroxylamine groups is 1.